The molecule has 0 saturated carbocycles. The smallest absolute Gasteiger partial charge is 0.0777 e. The Kier molecular flexibility index (Phi) is 4.73. The largest absolute Gasteiger partial charge is 0.394 e. The third kappa shape index (κ3) is 3.42. The standard InChI is InChI=1S/C12H26N2O2/c1-11(10-15,13-3)8-14-7-5-6-12(2,9-14)16-4/h13,15H,5-10H2,1-4H3. The van der Waals surface area contributed by atoms with Gasteiger partial charge >= 0.3 is 0 Å². The topological polar surface area (TPSA) is 44.7 Å². The average molecular weight is 230 g/mol. The Labute approximate surface area is 99.0 Å². The van der Waals surface area contributed by atoms with E-state index in [1.807, 2.05) is 14.0 Å². The second-order valence-corrected chi connectivity index (χ2v) is 5.44. The van der Waals surface area contributed by atoms with Crippen molar-refractivity contribution in [2.24, 2.45) is 0 Å². The van der Waals surface area contributed by atoms with Crippen LogP contribution < -0.4 is 5.32 Å². The number of nitrogens with zero attached hydrogens (tertiary/aromatic N) is 1. The van der Waals surface area contributed by atoms with Crippen LogP contribution in [0.1, 0.15) is 26.7 Å². The molecule has 0 aromatic heterocycles. The van der Waals surface area contributed by atoms with Gasteiger partial charge in [-0.05, 0) is 40.3 Å². The first-order valence-electron chi connectivity index (χ1n) is 6.04. The Balaban J connectivity index is 2.55. The number of likely N-dealkylation sites (tertiary alicyclic amines) is 1. The Morgan fingerprint density at radius 2 is 2.25 bits per heavy atom. The fourth-order valence-corrected chi connectivity index (χ4v) is 2.31. The van der Waals surface area contributed by atoms with E-state index < -0.39 is 0 Å². The summed E-state index contributed by atoms with van der Waals surface area (Å²) in [6, 6.07) is 0. The normalized spacial score (nSPS) is 31.3. The predicted octanol–water partition coefficient (Wildman–Crippen LogP) is 0.458. The van der Waals surface area contributed by atoms with E-state index in [0.29, 0.717) is 0 Å². The zero-order chi connectivity index (χ0) is 12.2. The second-order valence-electron chi connectivity index (χ2n) is 5.44. The Morgan fingerprint density at radius 1 is 1.56 bits per heavy atom. The summed E-state index contributed by atoms with van der Waals surface area (Å²) in [5.74, 6) is 0. The van der Waals surface area contributed by atoms with Crippen molar-refractivity contribution in [3.63, 3.8) is 0 Å². The van der Waals surface area contributed by atoms with Crippen molar-refractivity contribution >= 4 is 0 Å². The second kappa shape index (κ2) is 5.45. The van der Waals surface area contributed by atoms with E-state index in [2.05, 4.69) is 17.1 Å². The fraction of sp³-hybridized carbons (Fsp3) is 1.00. The number of aliphatic hydroxyl groups excluding tert-OH is 1. The zero-order valence-corrected chi connectivity index (χ0v) is 11.0. The van der Waals surface area contributed by atoms with Crippen molar-refractivity contribution in [2.75, 3.05) is 40.4 Å². The van der Waals surface area contributed by atoms with Gasteiger partial charge in [-0.1, -0.05) is 0 Å². The molecule has 0 aromatic rings. The monoisotopic (exact) mass is 230 g/mol. The van der Waals surface area contributed by atoms with E-state index in [4.69, 9.17) is 4.74 Å². The minimum Gasteiger partial charge on any atom is -0.394 e. The Bertz CT molecular complexity index is 219. The summed E-state index contributed by atoms with van der Waals surface area (Å²) in [6.45, 7) is 7.26. The third-order valence-corrected chi connectivity index (χ3v) is 3.76. The Hall–Kier alpha value is -0.160. The minimum absolute atomic E-state index is 0.0254. The van der Waals surface area contributed by atoms with Gasteiger partial charge in [0, 0.05) is 20.2 Å². The first kappa shape index (κ1) is 13.9. The predicted molar refractivity (Wildman–Crippen MR) is 65.6 cm³/mol. The average Bonchev–Trinajstić information content (AvgIpc) is 2.29. The van der Waals surface area contributed by atoms with Crippen molar-refractivity contribution in [2.45, 2.75) is 37.8 Å². The minimum atomic E-state index is -0.216. The summed E-state index contributed by atoms with van der Waals surface area (Å²) in [7, 11) is 3.68. The lowest BCUT2D eigenvalue weighted by molar-refractivity contribution is -0.0573. The molecule has 4 heteroatoms. The molecule has 2 atom stereocenters. The molecule has 4 nitrogen and oxygen atoms in total. The van der Waals surface area contributed by atoms with E-state index >= 15 is 0 Å². The molecule has 96 valence electrons. The van der Waals surface area contributed by atoms with Crippen LogP contribution in [0.3, 0.4) is 0 Å². The lowest BCUT2D eigenvalue weighted by Gasteiger charge is -2.43. The van der Waals surface area contributed by atoms with Gasteiger partial charge in [-0.25, -0.2) is 0 Å². The molecule has 1 rings (SSSR count). The van der Waals surface area contributed by atoms with E-state index in [1.165, 1.54) is 0 Å². The van der Waals surface area contributed by atoms with Gasteiger partial charge in [-0.3, -0.25) is 4.90 Å². The maximum absolute atomic E-state index is 9.38. The Morgan fingerprint density at radius 3 is 2.75 bits per heavy atom. The van der Waals surface area contributed by atoms with E-state index in [0.717, 1.165) is 32.5 Å². The van der Waals surface area contributed by atoms with Gasteiger partial charge in [0.2, 0.25) is 0 Å². The first-order valence-corrected chi connectivity index (χ1v) is 6.04. The van der Waals surface area contributed by atoms with Gasteiger partial charge in [0.1, 0.15) is 0 Å². The lowest BCUT2D eigenvalue weighted by Crippen LogP contribution is -2.57. The summed E-state index contributed by atoms with van der Waals surface area (Å²) in [6.07, 6.45) is 2.28. The maximum Gasteiger partial charge on any atom is 0.0777 e. The highest BCUT2D eigenvalue weighted by atomic mass is 16.5. The SMILES string of the molecule is CNC(C)(CO)CN1CCCC(C)(OC)C1. The van der Waals surface area contributed by atoms with Crippen LogP contribution in [0, 0.1) is 0 Å². The van der Waals surface area contributed by atoms with Crippen LogP contribution in [0.25, 0.3) is 0 Å². The molecular weight excluding hydrogens is 204 g/mol. The molecule has 0 aromatic carbocycles. The molecule has 0 bridgehead atoms. The van der Waals surface area contributed by atoms with Crippen molar-refractivity contribution in [1.29, 1.82) is 0 Å². The molecule has 2 unspecified atom stereocenters. The molecule has 2 N–H and O–H groups in total. The van der Waals surface area contributed by atoms with Crippen molar-refractivity contribution in [1.82, 2.24) is 10.2 Å². The molecule has 1 saturated heterocycles. The number of hydrogen-bond donors (Lipinski definition) is 2. The summed E-state index contributed by atoms with van der Waals surface area (Å²) in [5.41, 5.74) is -0.242. The highest BCUT2D eigenvalue weighted by molar-refractivity contribution is 4.90. The molecular formula is C12H26N2O2. The van der Waals surface area contributed by atoms with Crippen LogP contribution in [0.5, 0.6) is 0 Å². The van der Waals surface area contributed by atoms with Crippen molar-refractivity contribution in [3.05, 3.63) is 0 Å². The highest BCUT2D eigenvalue weighted by Gasteiger charge is 2.33. The molecule has 16 heavy (non-hydrogen) atoms. The van der Waals surface area contributed by atoms with E-state index in [9.17, 15) is 5.11 Å². The van der Waals surface area contributed by atoms with Gasteiger partial charge in [0.15, 0.2) is 0 Å². The third-order valence-electron chi connectivity index (χ3n) is 3.76. The van der Waals surface area contributed by atoms with Crippen LogP contribution in [0.2, 0.25) is 0 Å². The van der Waals surface area contributed by atoms with Crippen LogP contribution in [-0.2, 0) is 4.74 Å². The van der Waals surface area contributed by atoms with Crippen LogP contribution in [-0.4, -0.2) is 61.5 Å². The van der Waals surface area contributed by atoms with E-state index in [1.54, 1.807) is 7.11 Å². The van der Waals surface area contributed by atoms with Crippen molar-refractivity contribution in [3.8, 4) is 0 Å². The van der Waals surface area contributed by atoms with Gasteiger partial charge in [0.25, 0.3) is 0 Å². The molecule has 0 radical (unpaired) electrons. The van der Waals surface area contributed by atoms with Crippen LogP contribution >= 0.6 is 0 Å². The molecule has 1 fully saturated rings. The van der Waals surface area contributed by atoms with E-state index in [-0.39, 0.29) is 17.7 Å². The van der Waals surface area contributed by atoms with Crippen LogP contribution in [0.4, 0.5) is 0 Å². The van der Waals surface area contributed by atoms with Gasteiger partial charge < -0.3 is 15.2 Å². The number of aliphatic hydroxyl groups is 1. The summed E-state index contributed by atoms with van der Waals surface area (Å²) in [4.78, 5) is 2.37. The maximum atomic E-state index is 9.38. The van der Waals surface area contributed by atoms with Gasteiger partial charge in [0.05, 0.1) is 17.7 Å². The number of methoxy groups -OCH3 is 1. The first-order chi connectivity index (χ1) is 7.47. The zero-order valence-electron chi connectivity index (χ0n) is 11.0. The number of hydrogen-bond acceptors (Lipinski definition) is 4. The molecule has 0 spiro atoms. The quantitative estimate of drug-likeness (QED) is 0.720. The number of rotatable bonds is 5. The van der Waals surface area contributed by atoms with Gasteiger partial charge in [-0.15, -0.1) is 0 Å². The molecule has 0 aliphatic carbocycles. The molecule has 1 aliphatic heterocycles. The summed E-state index contributed by atoms with van der Waals surface area (Å²) >= 11 is 0. The molecule has 1 aliphatic rings. The molecule has 0 amide bonds. The van der Waals surface area contributed by atoms with Crippen molar-refractivity contribution < 1.29 is 9.84 Å². The number of ether oxygens (including phenoxy) is 1. The number of piperidine rings is 1. The number of nitrogens with one attached hydrogen (secondary N) is 1. The fourth-order valence-electron chi connectivity index (χ4n) is 2.31. The number of likely N-dealkylation sites (N-methyl/N-ethyl adjacent to an activating group) is 1. The summed E-state index contributed by atoms with van der Waals surface area (Å²) < 4.78 is 5.57. The lowest BCUT2D eigenvalue weighted by atomic mass is 9.93. The summed E-state index contributed by atoms with van der Waals surface area (Å²) in [5, 5.41) is 12.6. The molecule has 1 heterocycles. The van der Waals surface area contributed by atoms with Crippen LogP contribution in [0.15, 0.2) is 0 Å². The highest BCUT2D eigenvalue weighted by Crippen LogP contribution is 2.24. The van der Waals surface area contributed by atoms with Gasteiger partial charge in [-0.2, -0.15) is 0 Å².